The molecular formula is C20H16FN3O2S2. The van der Waals surface area contributed by atoms with Gasteiger partial charge >= 0.3 is 0 Å². The quantitative estimate of drug-likeness (QED) is 0.524. The molecule has 0 atom stereocenters. The maximum Gasteiger partial charge on any atom is 0.263 e. The molecule has 3 aromatic heterocycles. The van der Waals surface area contributed by atoms with Gasteiger partial charge in [-0.3, -0.25) is 14.2 Å². The summed E-state index contributed by atoms with van der Waals surface area (Å²) in [5.74, 6) is -0.573. The van der Waals surface area contributed by atoms with Crippen LogP contribution in [0.3, 0.4) is 0 Å². The third-order valence-corrected chi connectivity index (χ3v) is 6.13. The molecule has 0 radical (unpaired) electrons. The topological polar surface area (TPSA) is 64.0 Å². The van der Waals surface area contributed by atoms with E-state index in [0.717, 1.165) is 12.0 Å². The number of carbonyl (C=O) groups is 1. The second-order valence-electron chi connectivity index (χ2n) is 6.19. The molecule has 3 heterocycles. The van der Waals surface area contributed by atoms with Crippen LogP contribution in [-0.4, -0.2) is 22.0 Å². The van der Waals surface area contributed by atoms with Crippen LogP contribution in [0.5, 0.6) is 0 Å². The number of thiophene rings is 2. The van der Waals surface area contributed by atoms with Crippen LogP contribution in [0.15, 0.2) is 58.3 Å². The average Bonchev–Trinajstić information content (AvgIpc) is 3.35. The van der Waals surface area contributed by atoms with Gasteiger partial charge < -0.3 is 5.32 Å². The van der Waals surface area contributed by atoms with Crippen molar-refractivity contribution in [2.24, 2.45) is 0 Å². The number of benzene rings is 1. The average molecular weight is 413 g/mol. The molecule has 0 spiro atoms. The molecule has 8 heteroatoms. The van der Waals surface area contributed by atoms with E-state index in [0.29, 0.717) is 22.3 Å². The Morgan fingerprint density at radius 3 is 2.75 bits per heavy atom. The van der Waals surface area contributed by atoms with E-state index in [2.05, 4.69) is 10.3 Å². The van der Waals surface area contributed by atoms with Crippen LogP contribution in [0.25, 0.3) is 21.3 Å². The first-order valence-corrected chi connectivity index (χ1v) is 10.4. The van der Waals surface area contributed by atoms with Gasteiger partial charge in [-0.05, 0) is 35.6 Å². The van der Waals surface area contributed by atoms with Crippen LogP contribution in [-0.2, 0) is 17.8 Å². The summed E-state index contributed by atoms with van der Waals surface area (Å²) < 4.78 is 14.5. The van der Waals surface area contributed by atoms with Crippen LogP contribution in [0, 0.1) is 5.82 Å². The maximum absolute atomic E-state index is 13.2. The SMILES string of the molecule is O=C(Cn1cnc2scc(-c3ccc(F)cc3)c2c1=O)NCCc1cccs1. The summed E-state index contributed by atoms with van der Waals surface area (Å²) in [4.78, 5) is 31.3. The molecule has 0 saturated heterocycles. The van der Waals surface area contributed by atoms with Crippen molar-refractivity contribution in [1.29, 1.82) is 0 Å². The van der Waals surface area contributed by atoms with Gasteiger partial charge in [0.15, 0.2) is 0 Å². The van der Waals surface area contributed by atoms with Gasteiger partial charge in [-0.1, -0.05) is 18.2 Å². The zero-order valence-corrected chi connectivity index (χ0v) is 16.4. The molecule has 1 N–H and O–H groups in total. The van der Waals surface area contributed by atoms with Gasteiger partial charge in [0.1, 0.15) is 17.2 Å². The number of halogens is 1. The third kappa shape index (κ3) is 3.88. The van der Waals surface area contributed by atoms with E-state index >= 15 is 0 Å². The molecule has 0 bridgehead atoms. The molecule has 0 fully saturated rings. The predicted octanol–water partition coefficient (Wildman–Crippen LogP) is 3.68. The lowest BCUT2D eigenvalue weighted by Crippen LogP contribution is -2.33. The van der Waals surface area contributed by atoms with E-state index in [1.54, 1.807) is 23.5 Å². The summed E-state index contributed by atoms with van der Waals surface area (Å²) in [5, 5.41) is 7.11. The van der Waals surface area contributed by atoms with E-state index < -0.39 is 0 Å². The lowest BCUT2D eigenvalue weighted by atomic mass is 10.1. The van der Waals surface area contributed by atoms with E-state index in [-0.39, 0.29) is 23.8 Å². The summed E-state index contributed by atoms with van der Waals surface area (Å²) in [6.07, 6.45) is 2.16. The third-order valence-electron chi connectivity index (χ3n) is 4.30. The number of hydrogen-bond acceptors (Lipinski definition) is 5. The van der Waals surface area contributed by atoms with E-state index in [4.69, 9.17) is 0 Å². The summed E-state index contributed by atoms with van der Waals surface area (Å²) in [6, 6.07) is 9.97. The molecule has 4 aromatic rings. The van der Waals surface area contributed by atoms with Crippen LogP contribution >= 0.6 is 22.7 Å². The van der Waals surface area contributed by atoms with Gasteiger partial charge in [0.05, 0.1) is 11.7 Å². The standard InChI is InChI=1S/C20H16FN3O2S2/c21-14-5-3-13(4-6-14)16-11-28-19-18(16)20(26)24(12-23-19)10-17(25)22-8-7-15-2-1-9-27-15/h1-6,9,11-12H,7-8,10H2,(H,22,25). The highest BCUT2D eigenvalue weighted by atomic mass is 32.1. The van der Waals surface area contributed by atoms with Crippen molar-refractivity contribution in [2.45, 2.75) is 13.0 Å². The minimum absolute atomic E-state index is 0.0923. The first kappa shape index (κ1) is 18.5. The van der Waals surface area contributed by atoms with Crippen molar-refractivity contribution >= 4 is 38.8 Å². The number of carbonyl (C=O) groups excluding carboxylic acids is 1. The van der Waals surface area contributed by atoms with Crippen molar-refractivity contribution in [3.05, 3.63) is 74.5 Å². The number of hydrogen-bond donors (Lipinski definition) is 1. The number of amides is 1. The van der Waals surface area contributed by atoms with Gasteiger partial charge in [-0.2, -0.15) is 0 Å². The number of aromatic nitrogens is 2. The van der Waals surface area contributed by atoms with Gasteiger partial charge in [-0.25, -0.2) is 9.37 Å². The fraction of sp³-hybridized carbons (Fsp3) is 0.150. The highest BCUT2D eigenvalue weighted by molar-refractivity contribution is 7.17. The van der Waals surface area contributed by atoms with E-state index in [1.807, 2.05) is 22.9 Å². The van der Waals surface area contributed by atoms with Crippen LogP contribution in [0.4, 0.5) is 4.39 Å². The van der Waals surface area contributed by atoms with Crippen molar-refractivity contribution < 1.29 is 9.18 Å². The number of rotatable bonds is 6. The fourth-order valence-electron chi connectivity index (χ4n) is 2.91. The normalized spacial score (nSPS) is 11.0. The molecule has 4 rings (SSSR count). The highest BCUT2D eigenvalue weighted by Gasteiger charge is 2.14. The van der Waals surface area contributed by atoms with Gasteiger partial charge in [0, 0.05) is 22.4 Å². The predicted molar refractivity (Wildman–Crippen MR) is 110 cm³/mol. The van der Waals surface area contributed by atoms with Crippen molar-refractivity contribution in [3.8, 4) is 11.1 Å². The second-order valence-corrected chi connectivity index (χ2v) is 8.08. The Morgan fingerprint density at radius 2 is 2.00 bits per heavy atom. The molecule has 28 heavy (non-hydrogen) atoms. The summed E-state index contributed by atoms with van der Waals surface area (Å²) >= 11 is 2.99. The minimum atomic E-state index is -0.335. The zero-order valence-electron chi connectivity index (χ0n) is 14.7. The van der Waals surface area contributed by atoms with Crippen LogP contribution < -0.4 is 10.9 Å². The zero-order chi connectivity index (χ0) is 19.5. The summed E-state index contributed by atoms with van der Waals surface area (Å²) in [7, 11) is 0. The first-order valence-electron chi connectivity index (χ1n) is 8.63. The Kier molecular flexibility index (Phi) is 5.31. The molecule has 1 aromatic carbocycles. The van der Waals surface area contributed by atoms with E-state index in [9.17, 15) is 14.0 Å². The monoisotopic (exact) mass is 413 g/mol. The van der Waals surface area contributed by atoms with Crippen molar-refractivity contribution in [1.82, 2.24) is 14.9 Å². The van der Waals surface area contributed by atoms with Gasteiger partial charge in [0.25, 0.3) is 5.56 Å². The molecule has 0 aliphatic rings. The molecule has 0 aliphatic heterocycles. The largest absolute Gasteiger partial charge is 0.354 e. The highest BCUT2D eigenvalue weighted by Crippen LogP contribution is 2.30. The molecule has 0 saturated carbocycles. The van der Waals surface area contributed by atoms with Crippen LogP contribution in [0.1, 0.15) is 4.88 Å². The summed E-state index contributed by atoms with van der Waals surface area (Å²) in [6.45, 7) is 0.425. The Bertz CT molecular complexity index is 1160. The Labute approximate surface area is 168 Å². The molecule has 5 nitrogen and oxygen atoms in total. The maximum atomic E-state index is 13.2. The second kappa shape index (κ2) is 8.04. The van der Waals surface area contributed by atoms with Crippen molar-refractivity contribution in [3.63, 3.8) is 0 Å². The van der Waals surface area contributed by atoms with Crippen LogP contribution in [0.2, 0.25) is 0 Å². The van der Waals surface area contributed by atoms with E-state index in [1.165, 1.54) is 39.2 Å². The Balaban J connectivity index is 1.54. The Morgan fingerprint density at radius 1 is 1.18 bits per heavy atom. The first-order chi connectivity index (χ1) is 13.6. The molecule has 0 unspecified atom stereocenters. The van der Waals surface area contributed by atoms with Gasteiger partial charge in [-0.15, -0.1) is 22.7 Å². The lowest BCUT2D eigenvalue weighted by Gasteiger charge is -2.07. The molecule has 1 amide bonds. The van der Waals surface area contributed by atoms with Gasteiger partial charge in [0.2, 0.25) is 5.91 Å². The fourth-order valence-corrected chi connectivity index (χ4v) is 4.53. The number of nitrogens with one attached hydrogen (secondary N) is 1. The minimum Gasteiger partial charge on any atom is -0.354 e. The summed E-state index contributed by atoms with van der Waals surface area (Å²) in [5.41, 5.74) is 1.16. The molecular weight excluding hydrogens is 397 g/mol. The molecule has 0 aliphatic carbocycles. The lowest BCUT2D eigenvalue weighted by molar-refractivity contribution is -0.121. The number of nitrogens with zero attached hydrogens (tertiary/aromatic N) is 2. The number of fused-ring (bicyclic) bond motifs is 1. The molecule has 142 valence electrons. The Hall–Kier alpha value is -2.84. The smallest absolute Gasteiger partial charge is 0.263 e. The van der Waals surface area contributed by atoms with Crippen molar-refractivity contribution in [2.75, 3.05) is 6.54 Å².